The number of likely N-dealkylation sites (tertiary alicyclic amines) is 1. The SMILES string of the molecule is COc1ccc(CN2CCC[C@H](O)[C@H]2c2ccccc2)cc1. The summed E-state index contributed by atoms with van der Waals surface area (Å²) in [6, 6.07) is 18.6. The van der Waals surface area contributed by atoms with E-state index in [-0.39, 0.29) is 12.1 Å². The third-order valence-corrected chi connectivity index (χ3v) is 4.39. The van der Waals surface area contributed by atoms with Gasteiger partial charge in [0.1, 0.15) is 5.75 Å². The molecule has 0 radical (unpaired) electrons. The molecule has 0 bridgehead atoms. The monoisotopic (exact) mass is 297 g/mol. The Bertz CT molecular complexity index is 582. The fourth-order valence-electron chi connectivity index (χ4n) is 3.27. The van der Waals surface area contributed by atoms with Crippen LogP contribution in [0.2, 0.25) is 0 Å². The van der Waals surface area contributed by atoms with Crippen molar-refractivity contribution in [1.82, 2.24) is 4.90 Å². The lowest BCUT2D eigenvalue weighted by Gasteiger charge is -2.39. The smallest absolute Gasteiger partial charge is 0.118 e. The number of aliphatic hydroxyl groups is 1. The molecule has 0 saturated carbocycles. The summed E-state index contributed by atoms with van der Waals surface area (Å²) < 4.78 is 5.21. The standard InChI is InChI=1S/C19H23NO2/c1-22-17-11-9-15(10-12-17)14-20-13-5-8-18(21)19(20)16-6-3-2-4-7-16/h2-4,6-7,9-12,18-19,21H,5,8,13-14H2,1H3/t18-,19+/m0/s1. The van der Waals surface area contributed by atoms with E-state index in [1.807, 2.05) is 30.3 Å². The number of aliphatic hydroxyl groups excluding tert-OH is 1. The Morgan fingerprint density at radius 2 is 1.82 bits per heavy atom. The largest absolute Gasteiger partial charge is 0.497 e. The van der Waals surface area contributed by atoms with E-state index in [4.69, 9.17) is 4.74 Å². The Kier molecular flexibility index (Phi) is 4.76. The molecule has 2 atom stereocenters. The van der Waals surface area contributed by atoms with Crippen molar-refractivity contribution in [2.24, 2.45) is 0 Å². The van der Waals surface area contributed by atoms with E-state index in [1.54, 1.807) is 7.11 Å². The van der Waals surface area contributed by atoms with E-state index in [1.165, 1.54) is 11.1 Å². The zero-order valence-electron chi connectivity index (χ0n) is 13.0. The highest BCUT2D eigenvalue weighted by atomic mass is 16.5. The number of hydrogen-bond acceptors (Lipinski definition) is 3. The molecule has 0 spiro atoms. The van der Waals surface area contributed by atoms with Crippen molar-refractivity contribution in [3.8, 4) is 5.75 Å². The van der Waals surface area contributed by atoms with E-state index in [0.29, 0.717) is 0 Å². The number of benzene rings is 2. The maximum absolute atomic E-state index is 10.5. The first-order chi connectivity index (χ1) is 10.8. The van der Waals surface area contributed by atoms with E-state index in [9.17, 15) is 5.11 Å². The fourth-order valence-corrected chi connectivity index (χ4v) is 3.27. The van der Waals surface area contributed by atoms with Crippen LogP contribution in [0.1, 0.15) is 30.0 Å². The van der Waals surface area contributed by atoms with E-state index in [2.05, 4.69) is 29.2 Å². The van der Waals surface area contributed by atoms with Crippen LogP contribution in [0.3, 0.4) is 0 Å². The molecule has 0 unspecified atom stereocenters. The molecular weight excluding hydrogens is 274 g/mol. The average molecular weight is 297 g/mol. The van der Waals surface area contributed by atoms with Gasteiger partial charge in [0, 0.05) is 6.54 Å². The Balaban J connectivity index is 1.80. The summed E-state index contributed by atoms with van der Waals surface area (Å²) in [5.41, 5.74) is 2.44. The molecule has 1 aliphatic heterocycles. The first-order valence-corrected chi connectivity index (χ1v) is 7.88. The third-order valence-electron chi connectivity index (χ3n) is 4.39. The molecule has 1 N–H and O–H groups in total. The van der Waals surface area contributed by atoms with Crippen LogP contribution in [0.4, 0.5) is 0 Å². The van der Waals surface area contributed by atoms with Crippen molar-refractivity contribution < 1.29 is 9.84 Å². The molecule has 1 heterocycles. The Labute approximate surface area is 132 Å². The summed E-state index contributed by atoms with van der Waals surface area (Å²) in [6.45, 7) is 1.86. The Morgan fingerprint density at radius 1 is 1.09 bits per heavy atom. The van der Waals surface area contributed by atoms with Gasteiger partial charge in [0.15, 0.2) is 0 Å². The van der Waals surface area contributed by atoms with Gasteiger partial charge < -0.3 is 9.84 Å². The van der Waals surface area contributed by atoms with Crippen LogP contribution in [0.25, 0.3) is 0 Å². The topological polar surface area (TPSA) is 32.7 Å². The zero-order valence-corrected chi connectivity index (χ0v) is 13.0. The molecule has 3 nitrogen and oxygen atoms in total. The first kappa shape index (κ1) is 15.1. The lowest BCUT2D eigenvalue weighted by Crippen LogP contribution is -2.41. The molecule has 0 amide bonds. The highest BCUT2D eigenvalue weighted by Crippen LogP contribution is 2.32. The average Bonchev–Trinajstić information content (AvgIpc) is 2.56. The number of ether oxygens (including phenoxy) is 1. The van der Waals surface area contributed by atoms with E-state index >= 15 is 0 Å². The normalized spacial score (nSPS) is 22.5. The minimum Gasteiger partial charge on any atom is -0.497 e. The summed E-state index contributed by atoms with van der Waals surface area (Å²) in [6.07, 6.45) is 1.62. The van der Waals surface area contributed by atoms with Crippen LogP contribution < -0.4 is 4.74 Å². The van der Waals surface area contributed by atoms with Crippen molar-refractivity contribution in [2.45, 2.75) is 31.5 Å². The predicted octanol–water partition coefficient (Wildman–Crippen LogP) is 3.39. The second-order valence-electron chi connectivity index (χ2n) is 5.88. The van der Waals surface area contributed by atoms with Gasteiger partial charge in [-0.25, -0.2) is 0 Å². The van der Waals surface area contributed by atoms with Crippen molar-refractivity contribution in [2.75, 3.05) is 13.7 Å². The van der Waals surface area contributed by atoms with Crippen molar-refractivity contribution in [3.05, 3.63) is 65.7 Å². The molecule has 3 rings (SSSR count). The first-order valence-electron chi connectivity index (χ1n) is 7.88. The summed E-state index contributed by atoms with van der Waals surface area (Å²) >= 11 is 0. The van der Waals surface area contributed by atoms with Crippen LogP contribution in [0.15, 0.2) is 54.6 Å². The number of hydrogen-bond donors (Lipinski definition) is 1. The molecule has 3 heteroatoms. The van der Waals surface area contributed by atoms with Gasteiger partial charge in [0.25, 0.3) is 0 Å². The molecule has 1 fully saturated rings. The van der Waals surface area contributed by atoms with Gasteiger partial charge in [0.05, 0.1) is 19.3 Å². The molecule has 1 saturated heterocycles. The number of piperidine rings is 1. The summed E-state index contributed by atoms with van der Waals surface area (Å²) in [5.74, 6) is 0.877. The quantitative estimate of drug-likeness (QED) is 0.939. The number of methoxy groups -OCH3 is 1. The van der Waals surface area contributed by atoms with Gasteiger partial charge in [-0.3, -0.25) is 4.90 Å². The summed E-state index contributed by atoms with van der Waals surface area (Å²) in [5, 5.41) is 10.5. The lowest BCUT2D eigenvalue weighted by atomic mass is 9.92. The minimum atomic E-state index is -0.297. The van der Waals surface area contributed by atoms with Gasteiger partial charge >= 0.3 is 0 Å². The summed E-state index contributed by atoms with van der Waals surface area (Å²) in [7, 11) is 1.68. The van der Waals surface area contributed by atoms with Crippen LogP contribution >= 0.6 is 0 Å². The highest BCUT2D eigenvalue weighted by Gasteiger charge is 2.31. The van der Waals surface area contributed by atoms with Crippen LogP contribution in [0, 0.1) is 0 Å². The van der Waals surface area contributed by atoms with Gasteiger partial charge in [0.2, 0.25) is 0 Å². The third kappa shape index (κ3) is 3.32. The molecule has 2 aromatic carbocycles. The van der Waals surface area contributed by atoms with Crippen molar-refractivity contribution in [1.29, 1.82) is 0 Å². The van der Waals surface area contributed by atoms with Crippen molar-refractivity contribution in [3.63, 3.8) is 0 Å². The van der Waals surface area contributed by atoms with Crippen LogP contribution in [0.5, 0.6) is 5.75 Å². The Morgan fingerprint density at radius 3 is 2.50 bits per heavy atom. The lowest BCUT2D eigenvalue weighted by molar-refractivity contribution is 0.00521. The molecule has 1 aliphatic rings. The van der Waals surface area contributed by atoms with Gasteiger partial charge in [-0.15, -0.1) is 0 Å². The van der Waals surface area contributed by atoms with E-state index < -0.39 is 0 Å². The van der Waals surface area contributed by atoms with Crippen LogP contribution in [-0.2, 0) is 6.54 Å². The molecule has 0 aromatic heterocycles. The van der Waals surface area contributed by atoms with Gasteiger partial charge in [-0.1, -0.05) is 42.5 Å². The number of rotatable bonds is 4. The second-order valence-corrected chi connectivity index (χ2v) is 5.88. The van der Waals surface area contributed by atoms with Gasteiger partial charge in [-0.2, -0.15) is 0 Å². The summed E-state index contributed by atoms with van der Waals surface area (Å²) in [4.78, 5) is 2.38. The minimum absolute atomic E-state index is 0.0806. The fraction of sp³-hybridized carbons (Fsp3) is 0.368. The van der Waals surface area contributed by atoms with E-state index in [0.717, 1.165) is 31.7 Å². The molecule has 116 valence electrons. The maximum Gasteiger partial charge on any atom is 0.118 e. The molecule has 2 aromatic rings. The predicted molar refractivity (Wildman–Crippen MR) is 87.8 cm³/mol. The highest BCUT2D eigenvalue weighted by molar-refractivity contribution is 5.28. The molecule has 22 heavy (non-hydrogen) atoms. The second kappa shape index (κ2) is 6.95. The molecule has 0 aliphatic carbocycles. The van der Waals surface area contributed by atoms with Crippen molar-refractivity contribution >= 4 is 0 Å². The number of nitrogens with zero attached hydrogens (tertiary/aromatic N) is 1. The molecular formula is C19H23NO2. The maximum atomic E-state index is 10.5. The van der Waals surface area contributed by atoms with Gasteiger partial charge in [-0.05, 0) is 42.6 Å². The Hall–Kier alpha value is -1.84. The van der Waals surface area contributed by atoms with Crippen LogP contribution in [-0.4, -0.2) is 29.8 Å². The zero-order chi connectivity index (χ0) is 15.4.